The molecule has 0 aromatic heterocycles. The molecule has 4 saturated carbocycles. The lowest BCUT2D eigenvalue weighted by Gasteiger charge is -2.57. The van der Waals surface area contributed by atoms with Crippen LogP contribution in [-0.2, 0) is 5.41 Å². The Balaban J connectivity index is 1.52. The van der Waals surface area contributed by atoms with Crippen molar-refractivity contribution >= 4 is 17.1 Å². The first-order valence-corrected chi connectivity index (χ1v) is 11.3. The zero-order valence-corrected chi connectivity index (χ0v) is 17.0. The quantitative estimate of drug-likeness (QED) is 0.450. The number of anilines is 3. The topological polar surface area (TPSA) is 3.24 Å². The fraction of sp³-hybridized carbons (Fsp3) is 0.357. The van der Waals surface area contributed by atoms with E-state index in [0.717, 1.165) is 17.8 Å². The van der Waals surface area contributed by atoms with Gasteiger partial charge in [-0.2, -0.15) is 0 Å². The van der Waals surface area contributed by atoms with Gasteiger partial charge in [0.25, 0.3) is 0 Å². The molecule has 4 aliphatic carbocycles. The molecule has 4 fully saturated rings. The van der Waals surface area contributed by atoms with Crippen molar-refractivity contribution in [2.24, 2.45) is 17.8 Å². The minimum Gasteiger partial charge on any atom is -0.310 e. The van der Waals surface area contributed by atoms with Crippen LogP contribution in [0.4, 0.5) is 17.1 Å². The normalized spacial score (nSPS) is 29.7. The molecule has 3 aromatic rings. The predicted molar refractivity (Wildman–Crippen MR) is 121 cm³/mol. The third-order valence-corrected chi connectivity index (χ3v) is 7.78. The third kappa shape index (κ3) is 2.90. The number of rotatable bonds is 4. The first-order chi connectivity index (χ1) is 14.3. The van der Waals surface area contributed by atoms with E-state index in [2.05, 4.69) is 89.8 Å². The van der Waals surface area contributed by atoms with Crippen LogP contribution in [0.2, 0.25) is 0 Å². The second-order valence-corrected chi connectivity index (χ2v) is 9.72. The maximum Gasteiger partial charge on any atom is 0.0499 e. The molecule has 7 rings (SSSR count). The summed E-state index contributed by atoms with van der Waals surface area (Å²) in [6, 6.07) is 31.1. The maximum atomic E-state index is 2.48. The number of benzene rings is 3. The van der Waals surface area contributed by atoms with E-state index in [1.165, 1.54) is 55.6 Å². The molecule has 0 N–H and O–H groups in total. The monoisotopic (exact) mass is 379 g/mol. The summed E-state index contributed by atoms with van der Waals surface area (Å²) in [7, 11) is 0. The highest BCUT2D eigenvalue weighted by Crippen LogP contribution is 2.62. The third-order valence-electron chi connectivity index (χ3n) is 7.78. The molecular formula is C28H29N. The average Bonchev–Trinajstić information content (AvgIpc) is 2.75. The van der Waals surface area contributed by atoms with Crippen LogP contribution >= 0.6 is 0 Å². The molecule has 3 aromatic carbocycles. The van der Waals surface area contributed by atoms with Crippen LogP contribution in [0, 0.1) is 17.8 Å². The van der Waals surface area contributed by atoms with E-state index < -0.39 is 0 Å². The minimum atomic E-state index is 0.382. The van der Waals surface area contributed by atoms with Crippen LogP contribution in [0.1, 0.15) is 44.1 Å². The van der Waals surface area contributed by atoms with E-state index in [1.54, 1.807) is 5.56 Å². The number of hydrogen-bond donors (Lipinski definition) is 0. The molecule has 0 spiro atoms. The smallest absolute Gasteiger partial charge is 0.0499 e. The fourth-order valence-corrected chi connectivity index (χ4v) is 7.14. The molecule has 1 nitrogen and oxygen atoms in total. The molecule has 0 atom stereocenters. The molecule has 0 amide bonds. The molecule has 1 heteroatoms. The van der Waals surface area contributed by atoms with Gasteiger partial charge in [-0.05, 0) is 97.6 Å². The summed E-state index contributed by atoms with van der Waals surface area (Å²) >= 11 is 0. The van der Waals surface area contributed by atoms with Crippen LogP contribution in [-0.4, -0.2) is 0 Å². The Labute approximate surface area is 174 Å². The van der Waals surface area contributed by atoms with Crippen LogP contribution < -0.4 is 4.90 Å². The van der Waals surface area contributed by atoms with E-state index in [0.29, 0.717) is 5.41 Å². The molecule has 0 radical (unpaired) electrons. The standard InChI is InChI=1S/C28H29N/c1-3-9-24(10-4-1)29(25-11-5-2-6-12-25)27-14-8-7-13-26(27)28-18-21-15-22(19-28)17-23(16-21)20-28/h1-14,21-23H,15-20H2. The largest absolute Gasteiger partial charge is 0.310 e. The highest BCUT2D eigenvalue weighted by molar-refractivity contribution is 5.79. The van der Waals surface area contributed by atoms with E-state index in [-0.39, 0.29) is 0 Å². The summed E-state index contributed by atoms with van der Waals surface area (Å²) in [6.07, 6.45) is 8.65. The molecule has 146 valence electrons. The maximum absolute atomic E-state index is 2.48. The average molecular weight is 380 g/mol. The lowest BCUT2D eigenvalue weighted by molar-refractivity contribution is -0.00491. The molecule has 0 aliphatic heterocycles. The Morgan fingerprint density at radius 1 is 0.552 bits per heavy atom. The fourth-order valence-electron chi connectivity index (χ4n) is 7.14. The van der Waals surface area contributed by atoms with Gasteiger partial charge in [0.1, 0.15) is 0 Å². The summed E-state index contributed by atoms with van der Waals surface area (Å²) in [5.74, 6) is 2.86. The Morgan fingerprint density at radius 2 is 1.00 bits per heavy atom. The predicted octanol–water partition coefficient (Wildman–Crippen LogP) is 7.62. The minimum absolute atomic E-state index is 0.382. The SMILES string of the molecule is c1ccc(N(c2ccccc2)c2ccccc2C23CC4CC(CC(C4)C2)C3)cc1. The Hall–Kier alpha value is -2.54. The molecule has 4 bridgehead atoms. The van der Waals surface area contributed by atoms with Crippen molar-refractivity contribution in [3.63, 3.8) is 0 Å². The van der Waals surface area contributed by atoms with Gasteiger partial charge in [0.2, 0.25) is 0 Å². The van der Waals surface area contributed by atoms with E-state index in [9.17, 15) is 0 Å². The highest BCUT2D eigenvalue weighted by Gasteiger charge is 2.52. The Kier molecular flexibility index (Phi) is 4.04. The summed E-state index contributed by atoms with van der Waals surface area (Å²) < 4.78 is 0. The van der Waals surface area contributed by atoms with Gasteiger partial charge in [-0.25, -0.2) is 0 Å². The van der Waals surface area contributed by atoms with E-state index >= 15 is 0 Å². The van der Waals surface area contributed by atoms with Gasteiger partial charge in [0.05, 0.1) is 0 Å². The summed E-state index contributed by atoms with van der Waals surface area (Å²) in [4.78, 5) is 2.48. The van der Waals surface area contributed by atoms with Crippen molar-refractivity contribution in [1.29, 1.82) is 0 Å². The lowest BCUT2D eigenvalue weighted by atomic mass is 9.48. The van der Waals surface area contributed by atoms with Gasteiger partial charge < -0.3 is 4.90 Å². The van der Waals surface area contributed by atoms with Crippen LogP contribution in [0.25, 0.3) is 0 Å². The van der Waals surface area contributed by atoms with Crippen molar-refractivity contribution < 1.29 is 0 Å². The molecular weight excluding hydrogens is 350 g/mol. The zero-order chi connectivity index (χ0) is 19.3. The van der Waals surface area contributed by atoms with Gasteiger partial charge in [-0.15, -0.1) is 0 Å². The molecule has 0 unspecified atom stereocenters. The Bertz CT molecular complexity index is 916. The second kappa shape index (κ2) is 6.76. The van der Waals surface area contributed by atoms with Gasteiger partial charge in [0.15, 0.2) is 0 Å². The van der Waals surface area contributed by atoms with E-state index in [1.807, 2.05) is 0 Å². The Morgan fingerprint density at radius 3 is 1.52 bits per heavy atom. The van der Waals surface area contributed by atoms with Crippen molar-refractivity contribution in [2.75, 3.05) is 4.90 Å². The molecule has 0 saturated heterocycles. The van der Waals surface area contributed by atoms with Crippen molar-refractivity contribution in [3.8, 4) is 0 Å². The van der Waals surface area contributed by atoms with Crippen molar-refractivity contribution in [1.82, 2.24) is 0 Å². The van der Waals surface area contributed by atoms with Gasteiger partial charge in [-0.1, -0.05) is 54.6 Å². The van der Waals surface area contributed by atoms with Crippen LogP contribution in [0.15, 0.2) is 84.9 Å². The van der Waals surface area contributed by atoms with E-state index in [4.69, 9.17) is 0 Å². The molecule has 4 aliphatic rings. The first-order valence-electron chi connectivity index (χ1n) is 11.3. The number of hydrogen-bond acceptors (Lipinski definition) is 1. The van der Waals surface area contributed by atoms with Crippen LogP contribution in [0.5, 0.6) is 0 Å². The van der Waals surface area contributed by atoms with Crippen LogP contribution in [0.3, 0.4) is 0 Å². The van der Waals surface area contributed by atoms with Gasteiger partial charge >= 0.3 is 0 Å². The summed E-state index contributed by atoms with van der Waals surface area (Å²) in [6.45, 7) is 0. The first kappa shape index (κ1) is 17.3. The summed E-state index contributed by atoms with van der Waals surface area (Å²) in [5, 5.41) is 0. The molecule has 0 heterocycles. The second-order valence-electron chi connectivity index (χ2n) is 9.72. The number of para-hydroxylation sites is 3. The number of nitrogens with zero attached hydrogens (tertiary/aromatic N) is 1. The van der Waals surface area contributed by atoms with Gasteiger partial charge in [-0.3, -0.25) is 0 Å². The lowest BCUT2D eigenvalue weighted by Crippen LogP contribution is -2.48. The summed E-state index contributed by atoms with van der Waals surface area (Å²) in [5.41, 5.74) is 5.85. The zero-order valence-electron chi connectivity index (χ0n) is 17.0. The van der Waals surface area contributed by atoms with Crippen molar-refractivity contribution in [2.45, 2.75) is 43.9 Å². The molecule has 29 heavy (non-hydrogen) atoms. The van der Waals surface area contributed by atoms with Gasteiger partial charge in [0, 0.05) is 17.1 Å². The van der Waals surface area contributed by atoms with Crippen molar-refractivity contribution in [3.05, 3.63) is 90.5 Å². The highest BCUT2D eigenvalue weighted by atomic mass is 15.1.